The monoisotopic (exact) mass is 409 g/mol. The molecule has 2 N–H and O–H groups in total. The number of hydrogen-bond donors (Lipinski definition) is 2. The number of hydrogen-bond acceptors (Lipinski definition) is 4. The molecule has 1 amide bonds. The smallest absolute Gasteiger partial charge is 0.243 e. The van der Waals surface area contributed by atoms with Crippen molar-refractivity contribution in [3.05, 3.63) is 0 Å². The van der Waals surface area contributed by atoms with Crippen molar-refractivity contribution in [3.8, 4) is 0 Å². The summed E-state index contributed by atoms with van der Waals surface area (Å²) in [5, 5.41) is 7.03. The van der Waals surface area contributed by atoms with E-state index in [2.05, 4.69) is 34.4 Å². The molecule has 7 nitrogen and oxygen atoms in total. The Morgan fingerprint density at radius 1 is 1.17 bits per heavy atom. The van der Waals surface area contributed by atoms with Gasteiger partial charge >= 0.3 is 0 Å². The number of nitrogens with one attached hydrogen (secondary N) is 2. The van der Waals surface area contributed by atoms with Gasteiger partial charge in [0, 0.05) is 40.3 Å². The van der Waals surface area contributed by atoms with E-state index in [1.165, 1.54) is 32.1 Å². The molecule has 1 aliphatic heterocycles. The van der Waals surface area contributed by atoms with E-state index in [9.17, 15) is 4.79 Å². The largest absolute Gasteiger partial charge is 0.379 e. The average Bonchev–Trinajstić information content (AvgIpc) is 3.14. The Balaban J connectivity index is 1.86. The number of rotatable bonds is 10. The van der Waals surface area contributed by atoms with Gasteiger partial charge in [-0.3, -0.25) is 9.69 Å². The third-order valence-electron chi connectivity index (χ3n) is 6.05. The van der Waals surface area contributed by atoms with Gasteiger partial charge in [0.05, 0.1) is 13.2 Å². The first-order valence-electron chi connectivity index (χ1n) is 11.4. The Labute approximate surface area is 177 Å². The maximum absolute atomic E-state index is 12.0. The van der Waals surface area contributed by atoms with E-state index < -0.39 is 0 Å². The molecule has 0 bridgehead atoms. The van der Waals surface area contributed by atoms with Crippen LogP contribution in [0.3, 0.4) is 0 Å². The lowest BCUT2D eigenvalue weighted by Gasteiger charge is -2.32. The summed E-state index contributed by atoms with van der Waals surface area (Å²) >= 11 is 0. The highest BCUT2D eigenvalue weighted by atomic mass is 16.5. The third kappa shape index (κ3) is 8.91. The van der Waals surface area contributed by atoms with Crippen molar-refractivity contribution < 1.29 is 9.53 Å². The van der Waals surface area contributed by atoms with E-state index in [1.807, 2.05) is 0 Å². The number of ether oxygens (including phenoxy) is 1. The lowest BCUT2D eigenvalue weighted by molar-refractivity contribution is -0.127. The summed E-state index contributed by atoms with van der Waals surface area (Å²) < 4.78 is 5.41. The second-order valence-corrected chi connectivity index (χ2v) is 9.35. The number of aliphatic imine (C=N–C) groups is 1. The highest BCUT2D eigenvalue weighted by molar-refractivity contribution is 5.84. The highest BCUT2D eigenvalue weighted by Crippen LogP contribution is 2.42. The fourth-order valence-corrected chi connectivity index (χ4v) is 4.51. The van der Waals surface area contributed by atoms with Crippen LogP contribution in [0.15, 0.2) is 4.99 Å². The topological polar surface area (TPSA) is 69.2 Å². The van der Waals surface area contributed by atoms with Crippen LogP contribution >= 0.6 is 0 Å². The van der Waals surface area contributed by atoms with Gasteiger partial charge in [0.15, 0.2) is 5.96 Å². The van der Waals surface area contributed by atoms with Crippen molar-refractivity contribution >= 4 is 11.9 Å². The van der Waals surface area contributed by atoms with Gasteiger partial charge in [-0.2, -0.15) is 0 Å². The Morgan fingerprint density at radius 3 is 2.48 bits per heavy atom. The standard InChI is InChI=1S/C22H43N5O2/c1-19(2)16-22(8-5-6-9-22)18-25-21(24-17-20(28)26(3)4)23-10-7-11-27-12-14-29-15-13-27/h19H,5-18H2,1-4H3,(H2,23,24,25). The van der Waals surface area contributed by atoms with Gasteiger partial charge in [-0.25, -0.2) is 4.99 Å². The predicted octanol–water partition coefficient (Wildman–Crippen LogP) is 1.94. The number of nitrogens with zero attached hydrogens (tertiary/aromatic N) is 3. The second-order valence-electron chi connectivity index (χ2n) is 9.35. The van der Waals surface area contributed by atoms with Crippen molar-refractivity contribution in [2.24, 2.45) is 16.3 Å². The van der Waals surface area contributed by atoms with Crippen molar-refractivity contribution in [1.29, 1.82) is 0 Å². The lowest BCUT2D eigenvalue weighted by Crippen LogP contribution is -2.45. The SMILES string of the molecule is CC(C)CC1(CNC(=NCC(=O)N(C)C)NCCCN2CCOCC2)CCCC1. The van der Waals surface area contributed by atoms with E-state index in [1.54, 1.807) is 19.0 Å². The zero-order valence-corrected chi connectivity index (χ0v) is 19.1. The zero-order valence-electron chi connectivity index (χ0n) is 19.1. The molecule has 0 aromatic rings. The maximum Gasteiger partial charge on any atom is 0.243 e. The molecule has 7 heteroatoms. The minimum absolute atomic E-state index is 0.0252. The molecule has 1 saturated carbocycles. The zero-order chi connectivity index (χ0) is 21.1. The molecule has 0 aromatic heterocycles. The van der Waals surface area contributed by atoms with Gasteiger partial charge in [-0.15, -0.1) is 0 Å². The Morgan fingerprint density at radius 2 is 1.86 bits per heavy atom. The Kier molecular flexibility index (Phi) is 10.2. The van der Waals surface area contributed by atoms with Crippen LogP contribution in [0, 0.1) is 11.3 Å². The first kappa shape index (κ1) is 23.9. The summed E-state index contributed by atoms with van der Waals surface area (Å²) in [6, 6.07) is 0. The molecule has 1 heterocycles. The van der Waals surface area contributed by atoms with E-state index in [-0.39, 0.29) is 12.5 Å². The van der Waals surface area contributed by atoms with E-state index in [4.69, 9.17) is 4.74 Å². The molecule has 0 radical (unpaired) electrons. The normalized spacial score (nSPS) is 20.1. The van der Waals surface area contributed by atoms with Crippen LogP contribution in [0.5, 0.6) is 0 Å². The summed E-state index contributed by atoms with van der Waals surface area (Å²) in [5.41, 5.74) is 0.371. The van der Waals surface area contributed by atoms with Crippen LogP contribution in [0.2, 0.25) is 0 Å². The summed E-state index contributed by atoms with van der Waals surface area (Å²) in [6.07, 6.45) is 7.54. The number of carbonyl (C=O) groups excluding carboxylic acids is 1. The van der Waals surface area contributed by atoms with Gasteiger partial charge in [-0.1, -0.05) is 26.7 Å². The molecule has 29 heavy (non-hydrogen) atoms. The molecule has 0 aromatic carbocycles. The van der Waals surface area contributed by atoms with Crippen molar-refractivity contribution in [1.82, 2.24) is 20.4 Å². The molecule has 1 aliphatic carbocycles. The van der Waals surface area contributed by atoms with Crippen molar-refractivity contribution in [2.75, 3.05) is 66.6 Å². The summed E-state index contributed by atoms with van der Waals surface area (Å²) in [4.78, 5) is 20.6. The molecular formula is C22H43N5O2. The number of amides is 1. The fraction of sp³-hybridized carbons (Fsp3) is 0.909. The average molecular weight is 410 g/mol. The van der Waals surface area contributed by atoms with Crippen LogP contribution in [-0.2, 0) is 9.53 Å². The van der Waals surface area contributed by atoms with Crippen LogP contribution in [0.25, 0.3) is 0 Å². The molecule has 168 valence electrons. The molecule has 2 fully saturated rings. The number of morpholine rings is 1. The minimum Gasteiger partial charge on any atom is -0.379 e. The minimum atomic E-state index is 0.0252. The number of likely N-dealkylation sites (N-methyl/N-ethyl adjacent to an activating group) is 1. The van der Waals surface area contributed by atoms with Crippen LogP contribution in [0.4, 0.5) is 0 Å². The molecule has 0 unspecified atom stereocenters. The third-order valence-corrected chi connectivity index (χ3v) is 6.05. The summed E-state index contributed by atoms with van der Waals surface area (Å²) in [6.45, 7) is 11.4. The molecule has 1 saturated heterocycles. The number of guanidine groups is 1. The van der Waals surface area contributed by atoms with E-state index in [0.717, 1.165) is 58.3 Å². The molecule has 0 spiro atoms. The first-order chi connectivity index (χ1) is 13.9. The molecule has 2 rings (SSSR count). The first-order valence-corrected chi connectivity index (χ1v) is 11.4. The number of carbonyl (C=O) groups is 1. The second kappa shape index (κ2) is 12.4. The quantitative estimate of drug-likeness (QED) is 0.328. The van der Waals surface area contributed by atoms with E-state index >= 15 is 0 Å². The Bertz CT molecular complexity index is 509. The highest BCUT2D eigenvalue weighted by Gasteiger charge is 2.34. The van der Waals surface area contributed by atoms with Gasteiger partial charge in [0.25, 0.3) is 0 Å². The van der Waals surface area contributed by atoms with Crippen LogP contribution in [0.1, 0.15) is 52.4 Å². The molecular weight excluding hydrogens is 366 g/mol. The molecule has 2 aliphatic rings. The van der Waals surface area contributed by atoms with Gasteiger partial charge in [0.1, 0.15) is 6.54 Å². The van der Waals surface area contributed by atoms with Crippen LogP contribution in [-0.4, -0.2) is 88.2 Å². The fourth-order valence-electron chi connectivity index (χ4n) is 4.51. The maximum atomic E-state index is 12.0. The lowest BCUT2D eigenvalue weighted by atomic mass is 9.78. The van der Waals surface area contributed by atoms with Crippen molar-refractivity contribution in [3.63, 3.8) is 0 Å². The molecule has 0 atom stereocenters. The van der Waals surface area contributed by atoms with Gasteiger partial charge in [0.2, 0.25) is 5.91 Å². The Hall–Kier alpha value is -1.34. The summed E-state index contributed by atoms with van der Waals surface area (Å²) in [5.74, 6) is 1.50. The van der Waals surface area contributed by atoms with Crippen LogP contribution < -0.4 is 10.6 Å². The predicted molar refractivity (Wildman–Crippen MR) is 119 cm³/mol. The van der Waals surface area contributed by atoms with Gasteiger partial charge in [-0.05, 0) is 43.6 Å². The summed E-state index contributed by atoms with van der Waals surface area (Å²) in [7, 11) is 3.55. The van der Waals surface area contributed by atoms with E-state index in [0.29, 0.717) is 11.3 Å². The van der Waals surface area contributed by atoms with Crippen molar-refractivity contribution in [2.45, 2.75) is 52.4 Å². The van der Waals surface area contributed by atoms with Gasteiger partial charge < -0.3 is 20.3 Å².